The summed E-state index contributed by atoms with van der Waals surface area (Å²) in [4.78, 5) is 20.9. The third kappa shape index (κ3) is 3.02. The Morgan fingerprint density at radius 1 is 1.12 bits per heavy atom. The van der Waals surface area contributed by atoms with E-state index in [1.807, 2.05) is 0 Å². The maximum absolute atomic E-state index is 12.4. The summed E-state index contributed by atoms with van der Waals surface area (Å²) in [5.41, 5.74) is 2.34. The minimum Gasteiger partial charge on any atom is -0.306 e. The number of nitrogens with one attached hydrogen (secondary N) is 1. The van der Waals surface area contributed by atoms with Crippen molar-refractivity contribution in [1.82, 2.24) is 14.3 Å². The SMILES string of the molecule is CN(C)S(=O)(=O)c1ccc(C(=O)Nc2ncnc3c2CCC3)cc1. The Hall–Kier alpha value is -2.32. The van der Waals surface area contributed by atoms with E-state index in [4.69, 9.17) is 0 Å². The number of hydrogen-bond donors (Lipinski definition) is 1. The average molecular weight is 346 g/mol. The zero-order valence-electron chi connectivity index (χ0n) is 13.5. The van der Waals surface area contributed by atoms with Gasteiger partial charge in [0, 0.05) is 30.9 Å². The molecule has 1 aliphatic rings. The summed E-state index contributed by atoms with van der Waals surface area (Å²) in [5, 5.41) is 2.79. The number of fused-ring (bicyclic) bond motifs is 1. The molecule has 126 valence electrons. The second-order valence-corrected chi connectivity index (χ2v) is 7.92. The van der Waals surface area contributed by atoms with Gasteiger partial charge in [0.25, 0.3) is 5.91 Å². The first-order chi connectivity index (χ1) is 11.4. The van der Waals surface area contributed by atoms with Crippen LogP contribution in [0.3, 0.4) is 0 Å². The molecule has 0 spiro atoms. The lowest BCUT2D eigenvalue weighted by atomic mass is 10.2. The zero-order chi connectivity index (χ0) is 17.3. The summed E-state index contributed by atoms with van der Waals surface area (Å²) in [6.07, 6.45) is 4.21. The molecule has 1 aromatic carbocycles. The molecule has 7 nitrogen and oxygen atoms in total. The first-order valence-electron chi connectivity index (χ1n) is 7.56. The van der Waals surface area contributed by atoms with E-state index >= 15 is 0 Å². The standard InChI is InChI=1S/C16H18N4O3S/c1-20(2)24(22,23)12-8-6-11(7-9-12)16(21)19-15-13-4-3-5-14(13)17-10-18-15/h6-10H,3-5H2,1-2H3,(H,17,18,19,21). The fraction of sp³-hybridized carbons (Fsp3) is 0.312. The minimum absolute atomic E-state index is 0.145. The molecule has 0 bridgehead atoms. The minimum atomic E-state index is -3.51. The first kappa shape index (κ1) is 16.5. The van der Waals surface area contributed by atoms with Crippen LogP contribution >= 0.6 is 0 Å². The molecule has 0 radical (unpaired) electrons. The number of anilines is 1. The van der Waals surface area contributed by atoms with Gasteiger partial charge in [-0.2, -0.15) is 0 Å². The number of sulfonamides is 1. The van der Waals surface area contributed by atoms with Crippen LogP contribution < -0.4 is 5.32 Å². The molecule has 0 fully saturated rings. The fourth-order valence-corrected chi connectivity index (χ4v) is 3.54. The maximum atomic E-state index is 12.4. The van der Waals surface area contributed by atoms with Crippen LogP contribution in [-0.2, 0) is 22.9 Å². The smallest absolute Gasteiger partial charge is 0.256 e. The van der Waals surface area contributed by atoms with Gasteiger partial charge in [0.05, 0.1) is 4.90 Å². The van der Waals surface area contributed by atoms with Crippen molar-refractivity contribution in [3.8, 4) is 0 Å². The van der Waals surface area contributed by atoms with Gasteiger partial charge in [-0.05, 0) is 43.5 Å². The van der Waals surface area contributed by atoms with E-state index in [9.17, 15) is 13.2 Å². The Bertz CT molecular complexity index is 877. The molecule has 1 aliphatic carbocycles. The highest BCUT2D eigenvalue weighted by Crippen LogP contribution is 2.25. The maximum Gasteiger partial charge on any atom is 0.256 e. The van der Waals surface area contributed by atoms with Crippen molar-refractivity contribution in [3.63, 3.8) is 0 Å². The fourth-order valence-electron chi connectivity index (χ4n) is 2.64. The third-order valence-corrected chi connectivity index (χ3v) is 5.83. The molecule has 0 aliphatic heterocycles. The Balaban J connectivity index is 1.81. The van der Waals surface area contributed by atoms with Crippen LogP contribution in [0, 0.1) is 0 Å². The summed E-state index contributed by atoms with van der Waals surface area (Å²) in [6, 6.07) is 5.84. The largest absolute Gasteiger partial charge is 0.306 e. The van der Waals surface area contributed by atoms with E-state index in [1.165, 1.54) is 44.7 Å². The Labute approximate surface area is 140 Å². The molecule has 2 aromatic rings. The predicted molar refractivity (Wildman–Crippen MR) is 89.3 cm³/mol. The van der Waals surface area contributed by atoms with E-state index in [1.54, 1.807) is 0 Å². The quantitative estimate of drug-likeness (QED) is 0.905. The molecular weight excluding hydrogens is 328 g/mol. The molecule has 0 saturated heterocycles. The number of aromatic nitrogens is 2. The Morgan fingerprint density at radius 2 is 1.83 bits per heavy atom. The molecule has 8 heteroatoms. The Morgan fingerprint density at radius 3 is 2.50 bits per heavy atom. The van der Waals surface area contributed by atoms with Gasteiger partial charge in [0.1, 0.15) is 12.1 Å². The molecule has 24 heavy (non-hydrogen) atoms. The van der Waals surface area contributed by atoms with Gasteiger partial charge in [-0.25, -0.2) is 22.7 Å². The molecule has 0 unspecified atom stereocenters. The van der Waals surface area contributed by atoms with Crippen LogP contribution in [0.2, 0.25) is 0 Å². The van der Waals surface area contributed by atoms with Crippen molar-refractivity contribution in [2.24, 2.45) is 0 Å². The topological polar surface area (TPSA) is 92.3 Å². The van der Waals surface area contributed by atoms with Crippen molar-refractivity contribution in [2.75, 3.05) is 19.4 Å². The van der Waals surface area contributed by atoms with Crippen LogP contribution in [0.15, 0.2) is 35.5 Å². The van der Waals surface area contributed by atoms with Crippen LogP contribution in [0.1, 0.15) is 28.0 Å². The molecular formula is C16H18N4O3S. The van der Waals surface area contributed by atoms with E-state index in [2.05, 4.69) is 15.3 Å². The van der Waals surface area contributed by atoms with Crippen LogP contribution in [0.5, 0.6) is 0 Å². The van der Waals surface area contributed by atoms with Gasteiger partial charge in [0.2, 0.25) is 10.0 Å². The van der Waals surface area contributed by atoms with Gasteiger partial charge in [-0.3, -0.25) is 4.79 Å². The van der Waals surface area contributed by atoms with Gasteiger partial charge >= 0.3 is 0 Å². The summed E-state index contributed by atoms with van der Waals surface area (Å²) in [5.74, 6) is 0.212. The number of aryl methyl sites for hydroxylation is 1. The van der Waals surface area contributed by atoms with Gasteiger partial charge in [-0.15, -0.1) is 0 Å². The van der Waals surface area contributed by atoms with E-state index in [0.717, 1.165) is 34.8 Å². The lowest BCUT2D eigenvalue weighted by Crippen LogP contribution is -2.22. The highest BCUT2D eigenvalue weighted by atomic mass is 32.2. The lowest BCUT2D eigenvalue weighted by Gasteiger charge is -2.12. The highest BCUT2D eigenvalue weighted by Gasteiger charge is 2.20. The number of carbonyl (C=O) groups is 1. The summed E-state index contributed by atoms with van der Waals surface area (Å²) >= 11 is 0. The molecule has 0 atom stereocenters. The molecule has 0 saturated carbocycles. The molecule has 1 heterocycles. The van der Waals surface area contributed by atoms with Gasteiger partial charge in [-0.1, -0.05) is 0 Å². The summed E-state index contributed by atoms with van der Waals surface area (Å²) < 4.78 is 25.2. The second kappa shape index (κ2) is 6.29. The van der Waals surface area contributed by atoms with Crippen LogP contribution in [-0.4, -0.2) is 42.7 Å². The number of carbonyl (C=O) groups excluding carboxylic acids is 1. The van der Waals surface area contributed by atoms with Crippen LogP contribution in [0.4, 0.5) is 5.82 Å². The first-order valence-corrected chi connectivity index (χ1v) is 9.00. The number of rotatable bonds is 4. The number of hydrogen-bond acceptors (Lipinski definition) is 5. The Kier molecular flexibility index (Phi) is 4.33. The van der Waals surface area contributed by atoms with Crippen molar-refractivity contribution in [2.45, 2.75) is 24.2 Å². The van der Waals surface area contributed by atoms with Crippen molar-refractivity contribution in [1.29, 1.82) is 0 Å². The number of amides is 1. The predicted octanol–water partition coefficient (Wildman–Crippen LogP) is 1.47. The summed E-state index contributed by atoms with van der Waals surface area (Å²) in [7, 11) is -0.577. The van der Waals surface area contributed by atoms with Gasteiger partial charge in [0.15, 0.2) is 0 Å². The van der Waals surface area contributed by atoms with E-state index < -0.39 is 10.0 Å². The molecule has 1 aromatic heterocycles. The van der Waals surface area contributed by atoms with E-state index in [0.29, 0.717) is 11.4 Å². The summed E-state index contributed by atoms with van der Waals surface area (Å²) in [6.45, 7) is 0. The molecule has 1 N–H and O–H groups in total. The second-order valence-electron chi connectivity index (χ2n) is 5.77. The zero-order valence-corrected chi connectivity index (χ0v) is 14.3. The average Bonchev–Trinajstić information content (AvgIpc) is 3.04. The third-order valence-electron chi connectivity index (χ3n) is 4.00. The monoisotopic (exact) mass is 346 g/mol. The molecule has 1 amide bonds. The lowest BCUT2D eigenvalue weighted by molar-refractivity contribution is 0.102. The van der Waals surface area contributed by atoms with Crippen LogP contribution in [0.25, 0.3) is 0 Å². The normalized spacial score (nSPS) is 13.8. The van der Waals surface area contributed by atoms with Crippen molar-refractivity contribution in [3.05, 3.63) is 47.4 Å². The molecule has 3 rings (SSSR count). The van der Waals surface area contributed by atoms with E-state index in [-0.39, 0.29) is 10.8 Å². The van der Waals surface area contributed by atoms with Crippen molar-refractivity contribution < 1.29 is 13.2 Å². The van der Waals surface area contributed by atoms with Gasteiger partial charge < -0.3 is 5.32 Å². The highest BCUT2D eigenvalue weighted by molar-refractivity contribution is 7.89. The van der Waals surface area contributed by atoms with Crippen molar-refractivity contribution >= 4 is 21.7 Å². The number of benzene rings is 1. The number of nitrogens with zero attached hydrogens (tertiary/aromatic N) is 3.